The summed E-state index contributed by atoms with van der Waals surface area (Å²) in [5.41, 5.74) is 0.805. The average Bonchev–Trinajstić information content (AvgIpc) is 3.33. The lowest BCUT2D eigenvalue weighted by atomic mass is 10.3. The molecule has 1 aromatic carbocycles. The molecule has 0 aliphatic carbocycles. The van der Waals surface area contributed by atoms with Crippen LogP contribution in [0.2, 0.25) is 0 Å². The predicted molar refractivity (Wildman–Crippen MR) is 114 cm³/mol. The molecule has 29 heavy (non-hydrogen) atoms. The number of methoxy groups -OCH3 is 1. The molecule has 0 unspecified atom stereocenters. The van der Waals surface area contributed by atoms with Gasteiger partial charge in [0.25, 0.3) is 5.91 Å². The Hall–Kier alpha value is -2.55. The van der Waals surface area contributed by atoms with Crippen molar-refractivity contribution in [1.29, 1.82) is 0 Å². The number of nitrogens with zero attached hydrogens (tertiary/aromatic N) is 3. The largest absolute Gasteiger partial charge is 0.441 e. The number of benzene rings is 1. The predicted octanol–water partition coefficient (Wildman–Crippen LogP) is 3.37. The Morgan fingerprint density at radius 1 is 1.17 bits per heavy atom. The van der Waals surface area contributed by atoms with Crippen LogP contribution in [0.25, 0.3) is 6.08 Å². The SMILES string of the molecule is COCCN1C(=O)C(=Cc2ccc(N3CCOCC3)o2)SC1=Nc1ccccc1. The van der Waals surface area contributed by atoms with Gasteiger partial charge in [0.2, 0.25) is 0 Å². The molecular formula is C21H23N3O4S. The van der Waals surface area contributed by atoms with Crippen LogP contribution >= 0.6 is 11.8 Å². The number of carbonyl (C=O) groups excluding carboxylic acids is 1. The molecule has 2 saturated heterocycles. The van der Waals surface area contributed by atoms with Crippen LogP contribution in [-0.4, -0.2) is 62.5 Å². The van der Waals surface area contributed by atoms with Crippen molar-refractivity contribution in [3.8, 4) is 0 Å². The highest BCUT2D eigenvalue weighted by Gasteiger charge is 2.33. The summed E-state index contributed by atoms with van der Waals surface area (Å²) in [6.07, 6.45) is 1.78. The first kappa shape index (κ1) is 19.8. The van der Waals surface area contributed by atoms with Gasteiger partial charge in [-0.05, 0) is 30.0 Å². The van der Waals surface area contributed by atoms with E-state index in [2.05, 4.69) is 9.89 Å². The standard InChI is InChI=1S/C21H23N3O4S/c1-26-12-11-24-20(25)18(29-21(24)22-16-5-3-2-4-6-16)15-17-7-8-19(28-17)23-9-13-27-14-10-23/h2-8,15H,9-14H2,1H3. The Balaban J connectivity index is 1.56. The van der Waals surface area contributed by atoms with E-state index in [0.29, 0.717) is 42.2 Å². The maximum atomic E-state index is 13.0. The number of aliphatic imine (C=N–C) groups is 1. The summed E-state index contributed by atoms with van der Waals surface area (Å²) in [6, 6.07) is 13.4. The average molecular weight is 413 g/mol. The number of para-hydroxylation sites is 1. The van der Waals surface area contributed by atoms with E-state index in [9.17, 15) is 4.79 Å². The molecule has 2 aliphatic rings. The summed E-state index contributed by atoms with van der Waals surface area (Å²) in [5.74, 6) is 1.35. The fraction of sp³-hybridized carbons (Fsp3) is 0.333. The highest BCUT2D eigenvalue weighted by molar-refractivity contribution is 8.18. The number of amides is 1. The van der Waals surface area contributed by atoms with Crippen LogP contribution in [0.5, 0.6) is 0 Å². The quantitative estimate of drug-likeness (QED) is 0.677. The van der Waals surface area contributed by atoms with Crippen LogP contribution in [0.4, 0.5) is 11.6 Å². The number of amidine groups is 1. The molecule has 4 rings (SSSR count). The zero-order valence-corrected chi connectivity index (χ0v) is 17.1. The number of anilines is 1. The van der Waals surface area contributed by atoms with Gasteiger partial charge in [-0.15, -0.1) is 0 Å². The Labute approximate surface area is 174 Å². The molecule has 0 atom stereocenters. The number of ether oxygens (including phenoxy) is 2. The molecular weight excluding hydrogens is 390 g/mol. The first-order valence-electron chi connectivity index (χ1n) is 9.51. The first-order valence-corrected chi connectivity index (χ1v) is 10.3. The number of thioether (sulfide) groups is 1. The van der Waals surface area contributed by atoms with Gasteiger partial charge in [-0.2, -0.15) is 0 Å². The van der Waals surface area contributed by atoms with Crippen molar-refractivity contribution < 1.29 is 18.7 Å². The van der Waals surface area contributed by atoms with Crippen LogP contribution in [-0.2, 0) is 14.3 Å². The summed E-state index contributed by atoms with van der Waals surface area (Å²) in [7, 11) is 1.62. The number of carbonyl (C=O) groups is 1. The number of rotatable bonds is 6. The molecule has 2 aromatic rings. The van der Waals surface area contributed by atoms with Gasteiger partial charge in [-0.3, -0.25) is 9.69 Å². The van der Waals surface area contributed by atoms with Crippen molar-refractivity contribution in [2.75, 3.05) is 51.5 Å². The lowest BCUT2D eigenvalue weighted by molar-refractivity contribution is -0.122. The molecule has 7 nitrogen and oxygen atoms in total. The highest BCUT2D eigenvalue weighted by atomic mass is 32.2. The summed E-state index contributed by atoms with van der Waals surface area (Å²) >= 11 is 1.35. The second-order valence-corrected chi connectivity index (χ2v) is 7.57. The Kier molecular flexibility index (Phi) is 6.33. The summed E-state index contributed by atoms with van der Waals surface area (Å²) < 4.78 is 16.5. The first-order chi connectivity index (χ1) is 14.2. The maximum absolute atomic E-state index is 13.0. The van der Waals surface area contributed by atoms with Crippen molar-refractivity contribution in [2.24, 2.45) is 4.99 Å². The van der Waals surface area contributed by atoms with Gasteiger partial charge in [0.1, 0.15) is 5.76 Å². The van der Waals surface area contributed by atoms with E-state index in [1.54, 1.807) is 18.1 Å². The molecule has 152 valence electrons. The maximum Gasteiger partial charge on any atom is 0.266 e. The van der Waals surface area contributed by atoms with Gasteiger partial charge in [0, 0.05) is 32.3 Å². The third-order valence-electron chi connectivity index (χ3n) is 4.60. The van der Waals surface area contributed by atoms with E-state index in [1.807, 2.05) is 42.5 Å². The van der Waals surface area contributed by atoms with Crippen molar-refractivity contribution in [1.82, 2.24) is 4.90 Å². The van der Waals surface area contributed by atoms with E-state index in [1.165, 1.54) is 11.8 Å². The van der Waals surface area contributed by atoms with Gasteiger partial charge >= 0.3 is 0 Å². The highest BCUT2D eigenvalue weighted by Crippen LogP contribution is 2.34. The van der Waals surface area contributed by atoms with E-state index < -0.39 is 0 Å². The zero-order chi connectivity index (χ0) is 20.1. The number of hydrogen-bond acceptors (Lipinski definition) is 7. The van der Waals surface area contributed by atoms with Gasteiger partial charge < -0.3 is 18.8 Å². The van der Waals surface area contributed by atoms with Crippen LogP contribution in [0.3, 0.4) is 0 Å². The minimum atomic E-state index is -0.0916. The topological polar surface area (TPSA) is 67.5 Å². The Morgan fingerprint density at radius 3 is 2.72 bits per heavy atom. The lowest BCUT2D eigenvalue weighted by Gasteiger charge is -2.26. The van der Waals surface area contributed by atoms with Gasteiger partial charge in [0.15, 0.2) is 11.1 Å². The normalized spacial score (nSPS) is 20.2. The van der Waals surface area contributed by atoms with E-state index in [0.717, 1.165) is 24.7 Å². The van der Waals surface area contributed by atoms with Crippen molar-refractivity contribution in [2.45, 2.75) is 0 Å². The minimum Gasteiger partial charge on any atom is -0.441 e. The smallest absolute Gasteiger partial charge is 0.266 e. The third-order valence-corrected chi connectivity index (χ3v) is 5.60. The molecule has 0 N–H and O–H groups in total. The second-order valence-electron chi connectivity index (χ2n) is 6.57. The Morgan fingerprint density at radius 2 is 1.97 bits per heavy atom. The molecule has 0 radical (unpaired) electrons. The molecule has 8 heteroatoms. The van der Waals surface area contributed by atoms with Crippen LogP contribution < -0.4 is 4.90 Å². The molecule has 1 amide bonds. The Bertz CT molecular complexity index is 904. The van der Waals surface area contributed by atoms with E-state index >= 15 is 0 Å². The zero-order valence-electron chi connectivity index (χ0n) is 16.2. The lowest BCUT2D eigenvalue weighted by Crippen LogP contribution is -2.35. The van der Waals surface area contributed by atoms with Gasteiger partial charge in [0.05, 0.1) is 37.0 Å². The third kappa shape index (κ3) is 4.72. The summed E-state index contributed by atoms with van der Waals surface area (Å²) in [4.78, 5) is 22.0. The van der Waals surface area contributed by atoms with Gasteiger partial charge in [-0.25, -0.2) is 4.99 Å². The molecule has 3 heterocycles. The van der Waals surface area contributed by atoms with Gasteiger partial charge in [-0.1, -0.05) is 18.2 Å². The van der Waals surface area contributed by atoms with Crippen molar-refractivity contribution in [3.05, 3.63) is 53.1 Å². The minimum absolute atomic E-state index is 0.0916. The molecule has 2 fully saturated rings. The van der Waals surface area contributed by atoms with E-state index in [-0.39, 0.29) is 5.91 Å². The van der Waals surface area contributed by atoms with Crippen molar-refractivity contribution in [3.63, 3.8) is 0 Å². The number of morpholine rings is 1. The summed E-state index contributed by atoms with van der Waals surface area (Å²) in [5, 5.41) is 0.643. The van der Waals surface area contributed by atoms with Crippen LogP contribution in [0, 0.1) is 0 Å². The second kappa shape index (κ2) is 9.30. The molecule has 2 aliphatic heterocycles. The van der Waals surface area contributed by atoms with E-state index in [4.69, 9.17) is 13.9 Å². The molecule has 0 saturated carbocycles. The molecule has 1 aromatic heterocycles. The fourth-order valence-electron chi connectivity index (χ4n) is 3.09. The number of furan rings is 1. The van der Waals surface area contributed by atoms with Crippen LogP contribution in [0.1, 0.15) is 5.76 Å². The van der Waals surface area contributed by atoms with Crippen molar-refractivity contribution >= 4 is 40.5 Å². The number of hydrogen-bond donors (Lipinski definition) is 0. The van der Waals surface area contributed by atoms with Crippen LogP contribution in [0.15, 0.2) is 56.8 Å². The molecule has 0 spiro atoms. The fourth-order valence-corrected chi connectivity index (χ4v) is 4.09. The summed E-state index contributed by atoms with van der Waals surface area (Å²) in [6.45, 7) is 3.88. The monoisotopic (exact) mass is 413 g/mol. The molecule has 0 bridgehead atoms.